The number of aromatic nitrogens is 1. The minimum absolute atomic E-state index is 0.324. The van der Waals surface area contributed by atoms with Crippen molar-refractivity contribution in [3.05, 3.63) is 83.6 Å². The van der Waals surface area contributed by atoms with E-state index in [9.17, 15) is 9.59 Å². The molecule has 1 heterocycles. The number of carbonyl (C=O) groups excluding carboxylic acids is 2. The van der Waals surface area contributed by atoms with E-state index in [-0.39, 0.29) is 11.9 Å². The Balaban J connectivity index is 1.65. The molecule has 0 aliphatic rings. The van der Waals surface area contributed by atoms with Crippen LogP contribution in [-0.2, 0) is 4.74 Å². The van der Waals surface area contributed by atoms with Crippen LogP contribution in [0.2, 0.25) is 0 Å². The van der Waals surface area contributed by atoms with Gasteiger partial charge in [0.05, 0.1) is 29.0 Å². The van der Waals surface area contributed by atoms with Gasteiger partial charge in [-0.05, 0) is 55.5 Å². The van der Waals surface area contributed by atoms with Gasteiger partial charge >= 0.3 is 5.97 Å². The van der Waals surface area contributed by atoms with Crippen LogP contribution in [0.3, 0.4) is 0 Å². The second-order valence-electron chi connectivity index (χ2n) is 5.97. The van der Waals surface area contributed by atoms with Gasteiger partial charge < -0.3 is 15.4 Å². The smallest absolute Gasteiger partial charge is 0.338 e. The Labute approximate surface area is 168 Å². The van der Waals surface area contributed by atoms with E-state index in [1.165, 1.54) is 6.20 Å². The normalized spacial score (nSPS) is 9.93. The second kappa shape index (κ2) is 9.15. The Morgan fingerprint density at radius 3 is 2.41 bits per heavy atom. The maximum atomic E-state index is 12.4. The summed E-state index contributed by atoms with van der Waals surface area (Å²) in [6.45, 7) is 2.08. The average molecular weight is 386 g/mol. The van der Waals surface area contributed by atoms with Gasteiger partial charge in [-0.25, -0.2) is 9.78 Å². The summed E-state index contributed by atoms with van der Waals surface area (Å²) in [5.74, 6) is -0.182. The molecule has 7 nitrogen and oxygen atoms in total. The number of hydrogen-bond donors (Lipinski definition) is 2. The Bertz CT molecular complexity index is 1050. The molecule has 3 rings (SSSR count). The third-order valence-corrected chi connectivity index (χ3v) is 3.99. The maximum Gasteiger partial charge on any atom is 0.338 e. The molecule has 2 aromatic carbocycles. The highest BCUT2D eigenvalue weighted by atomic mass is 16.5. The highest BCUT2D eigenvalue weighted by Gasteiger charge is 2.10. The molecule has 0 spiro atoms. The van der Waals surface area contributed by atoms with Crippen molar-refractivity contribution in [2.24, 2.45) is 0 Å². The van der Waals surface area contributed by atoms with Crippen LogP contribution >= 0.6 is 0 Å². The Morgan fingerprint density at radius 2 is 1.76 bits per heavy atom. The van der Waals surface area contributed by atoms with Crippen LogP contribution in [0.4, 0.5) is 17.2 Å². The summed E-state index contributed by atoms with van der Waals surface area (Å²) in [6, 6.07) is 18.9. The Hall–Kier alpha value is -4.18. The van der Waals surface area contributed by atoms with Crippen LogP contribution in [0.15, 0.2) is 66.9 Å². The first-order chi connectivity index (χ1) is 14.1. The molecule has 0 fully saturated rings. The number of benzene rings is 2. The quantitative estimate of drug-likeness (QED) is 0.618. The molecule has 29 heavy (non-hydrogen) atoms. The number of nitrogens with zero attached hydrogens (tertiary/aromatic N) is 2. The van der Waals surface area contributed by atoms with E-state index >= 15 is 0 Å². The predicted molar refractivity (Wildman–Crippen MR) is 109 cm³/mol. The monoisotopic (exact) mass is 386 g/mol. The zero-order valence-corrected chi connectivity index (χ0v) is 15.7. The Morgan fingerprint density at radius 1 is 1.03 bits per heavy atom. The first-order valence-electron chi connectivity index (χ1n) is 8.91. The van der Waals surface area contributed by atoms with Gasteiger partial charge in [0.25, 0.3) is 5.91 Å². The van der Waals surface area contributed by atoms with Crippen molar-refractivity contribution in [3.63, 3.8) is 0 Å². The molecular weight excluding hydrogens is 368 g/mol. The van der Waals surface area contributed by atoms with Crippen LogP contribution in [0.1, 0.15) is 33.2 Å². The summed E-state index contributed by atoms with van der Waals surface area (Å²) >= 11 is 0. The molecule has 7 heteroatoms. The molecule has 0 radical (unpaired) electrons. The van der Waals surface area contributed by atoms with Crippen LogP contribution < -0.4 is 10.6 Å². The number of pyridine rings is 1. The minimum Gasteiger partial charge on any atom is -0.462 e. The molecule has 0 unspecified atom stereocenters. The third-order valence-electron chi connectivity index (χ3n) is 3.99. The molecule has 2 N–H and O–H groups in total. The lowest BCUT2D eigenvalue weighted by molar-refractivity contribution is 0.0526. The van der Waals surface area contributed by atoms with E-state index in [0.29, 0.717) is 34.8 Å². The highest BCUT2D eigenvalue weighted by Crippen LogP contribution is 2.18. The lowest BCUT2D eigenvalue weighted by Gasteiger charge is -2.09. The molecule has 3 aromatic rings. The highest BCUT2D eigenvalue weighted by molar-refractivity contribution is 6.04. The minimum atomic E-state index is -0.370. The summed E-state index contributed by atoms with van der Waals surface area (Å²) in [6.07, 6.45) is 1.44. The topological polar surface area (TPSA) is 104 Å². The van der Waals surface area contributed by atoms with Crippen molar-refractivity contribution in [2.45, 2.75) is 6.92 Å². The van der Waals surface area contributed by atoms with Crippen molar-refractivity contribution in [2.75, 3.05) is 17.2 Å². The summed E-state index contributed by atoms with van der Waals surface area (Å²) in [7, 11) is 0. The number of para-hydroxylation sites is 1. The SMILES string of the molecule is CCOC(=O)c1ccc(Nc2ccc(C(=O)Nc3ccccc3C#N)cn2)cc1. The summed E-state index contributed by atoms with van der Waals surface area (Å²) < 4.78 is 4.95. The van der Waals surface area contributed by atoms with Gasteiger partial charge in [-0.3, -0.25) is 4.79 Å². The first-order valence-corrected chi connectivity index (χ1v) is 8.91. The van der Waals surface area contributed by atoms with Gasteiger partial charge in [-0.2, -0.15) is 5.26 Å². The fourth-order valence-electron chi connectivity index (χ4n) is 2.54. The molecule has 0 aliphatic carbocycles. The molecule has 0 aliphatic heterocycles. The van der Waals surface area contributed by atoms with Gasteiger partial charge in [-0.15, -0.1) is 0 Å². The number of amides is 1. The maximum absolute atomic E-state index is 12.4. The van der Waals surface area contributed by atoms with E-state index in [4.69, 9.17) is 10.00 Å². The van der Waals surface area contributed by atoms with Crippen molar-refractivity contribution < 1.29 is 14.3 Å². The first kappa shape index (κ1) is 19.6. The van der Waals surface area contributed by atoms with Crippen molar-refractivity contribution in [1.29, 1.82) is 5.26 Å². The van der Waals surface area contributed by atoms with Gasteiger partial charge in [0.2, 0.25) is 0 Å². The zero-order chi connectivity index (χ0) is 20.6. The van der Waals surface area contributed by atoms with E-state index in [1.807, 2.05) is 6.07 Å². The number of nitriles is 1. The van der Waals surface area contributed by atoms with Crippen LogP contribution in [-0.4, -0.2) is 23.5 Å². The largest absolute Gasteiger partial charge is 0.462 e. The number of carbonyl (C=O) groups is 2. The number of anilines is 3. The number of hydrogen-bond acceptors (Lipinski definition) is 6. The van der Waals surface area contributed by atoms with E-state index < -0.39 is 0 Å². The van der Waals surface area contributed by atoms with Gasteiger partial charge in [-0.1, -0.05) is 12.1 Å². The van der Waals surface area contributed by atoms with Gasteiger partial charge in [0.1, 0.15) is 11.9 Å². The van der Waals surface area contributed by atoms with Crippen LogP contribution in [0.25, 0.3) is 0 Å². The third kappa shape index (κ3) is 4.96. The van der Waals surface area contributed by atoms with Crippen LogP contribution in [0, 0.1) is 11.3 Å². The molecule has 0 atom stereocenters. The van der Waals surface area contributed by atoms with Crippen molar-refractivity contribution in [3.8, 4) is 6.07 Å². The van der Waals surface area contributed by atoms with Crippen molar-refractivity contribution in [1.82, 2.24) is 4.98 Å². The van der Waals surface area contributed by atoms with E-state index in [0.717, 1.165) is 5.69 Å². The van der Waals surface area contributed by atoms with Gasteiger partial charge in [0.15, 0.2) is 0 Å². The fraction of sp³-hybridized carbons (Fsp3) is 0.0909. The molecule has 0 saturated heterocycles. The second-order valence-corrected chi connectivity index (χ2v) is 5.97. The summed E-state index contributed by atoms with van der Waals surface area (Å²) in [5, 5.41) is 14.9. The predicted octanol–water partition coefficient (Wildman–Crippen LogP) is 4.13. The number of rotatable bonds is 6. The molecular formula is C22H18N4O3. The summed E-state index contributed by atoms with van der Waals surface area (Å²) in [5.41, 5.74) is 2.41. The lowest BCUT2D eigenvalue weighted by Crippen LogP contribution is -2.13. The fourth-order valence-corrected chi connectivity index (χ4v) is 2.54. The standard InChI is InChI=1S/C22H18N4O3/c1-2-29-22(28)15-7-10-18(11-8-15)25-20-12-9-17(14-24-20)21(27)26-19-6-4-3-5-16(19)13-23/h3-12,14H,2H2,1H3,(H,24,25)(H,26,27). The summed E-state index contributed by atoms with van der Waals surface area (Å²) in [4.78, 5) is 28.3. The molecule has 144 valence electrons. The molecule has 0 bridgehead atoms. The number of esters is 1. The number of nitrogens with one attached hydrogen (secondary N) is 2. The molecule has 1 amide bonds. The number of ether oxygens (including phenoxy) is 1. The van der Waals surface area contributed by atoms with E-state index in [1.54, 1.807) is 67.6 Å². The zero-order valence-electron chi connectivity index (χ0n) is 15.7. The Kier molecular flexibility index (Phi) is 6.18. The molecule has 0 saturated carbocycles. The average Bonchev–Trinajstić information content (AvgIpc) is 2.75. The van der Waals surface area contributed by atoms with E-state index in [2.05, 4.69) is 15.6 Å². The van der Waals surface area contributed by atoms with Gasteiger partial charge in [0, 0.05) is 11.9 Å². The lowest BCUT2D eigenvalue weighted by atomic mass is 10.2. The van der Waals surface area contributed by atoms with Crippen molar-refractivity contribution >= 4 is 29.1 Å². The van der Waals surface area contributed by atoms with Crippen LogP contribution in [0.5, 0.6) is 0 Å². The molecule has 1 aromatic heterocycles.